The highest BCUT2D eigenvalue weighted by Crippen LogP contribution is 2.35. The van der Waals surface area contributed by atoms with Crippen LogP contribution in [0.25, 0.3) is 0 Å². The molecule has 1 rings (SSSR count). The Balaban J connectivity index is 3.30. The second kappa shape index (κ2) is 4.70. The molecule has 96 valence electrons. The number of aromatic nitrogens is 1. The molecule has 0 aliphatic rings. The number of nitrogen functional groups attached to an aromatic ring is 1. The van der Waals surface area contributed by atoms with Crippen LogP contribution in [0, 0.1) is 0 Å². The topological polar surface area (TPSA) is 74.2 Å². The van der Waals surface area contributed by atoms with Gasteiger partial charge in [-0.05, 0) is 0 Å². The van der Waals surface area contributed by atoms with Gasteiger partial charge in [0.2, 0.25) is 5.88 Å². The van der Waals surface area contributed by atoms with E-state index in [0.717, 1.165) is 6.20 Å². The summed E-state index contributed by atoms with van der Waals surface area (Å²) in [6, 6.07) is 0. The molecule has 0 atom stereocenters. The predicted molar refractivity (Wildman–Crippen MR) is 48.2 cm³/mol. The van der Waals surface area contributed by atoms with E-state index < -0.39 is 30.8 Å². The maximum absolute atomic E-state index is 12.6. The second-order valence-corrected chi connectivity index (χ2v) is 2.96. The van der Waals surface area contributed by atoms with Crippen molar-refractivity contribution in [3.63, 3.8) is 0 Å². The van der Waals surface area contributed by atoms with Crippen LogP contribution in [0.4, 0.5) is 27.6 Å². The van der Waals surface area contributed by atoms with E-state index in [9.17, 15) is 22.0 Å². The molecule has 4 N–H and O–H groups in total. The number of hydrogen-bond acceptors (Lipinski definition) is 4. The Kier molecular flexibility index (Phi) is 3.71. The Morgan fingerprint density at radius 3 is 2.35 bits per heavy atom. The van der Waals surface area contributed by atoms with Crippen LogP contribution in [-0.2, 0) is 6.54 Å². The number of anilines is 1. The molecule has 0 amide bonds. The van der Waals surface area contributed by atoms with Crippen LogP contribution in [0.1, 0.15) is 17.6 Å². The van der Waals surface area contributed by atoms with Gasteiger partial charge in [-0.1, -0.05) is 0 Å². The molecule has 0 aliphatic heterocycles. The molecule has 1 aromatic heterocycles. The minimum absolute atomic E-state index is 0.211. The summed E-state index contributed by atoms with van der Waals surface area (Å²) in [5, 5.41) is 0. The smallest absolute Gasteiger partial charge is 0.397 e. The first-order valence-corrected chi connectivity index (χ1v) is 4.27. The largest absolute Gasteiger partial charge is 0.574 e. The molecule has 0 saturated heterocycles. The Hall–Kier alpha value is -1.64. The Labute approximate surface area is 92.4 Å². The first-order valence-electron chi connectivity index (χ1n) is 4.27. The predicted octanol–water partition coefficient (Wildman–Crippen LogP) is 1.96. The van der Waals surface area contributed by atoms with Gasteiger partial charge in [0.25, 0.3) is 6.43 Å². The molecule has 0 aromatic carbocycles. The van der Waals surface area contributed by atoms with Gasteiger partial charge in [-0.15, -0.1) is 13.2 Å². The van der Waals surface area contributed by atoms with Crippen LogP contribution in [0.5, 0.6) is 5.88 Å². The third-order valence-corrected chi connectivity index (χ3v) is 1.86. The van der Waals surface area contributed by atoms with Crippen molar-refractivity contribution in [2.24, 2.45) is 5.73 Å². The van der Waals surface area contributed by atoms with Crippen molar-refractivity contribution in [2.75, 3.05) is 5.73 Å². The summed E-state index contributed by atoms with van der Waals surface area (Å²) in [7, 11) is 0. The first kappa shape index (κ1) is 13.4. The zero-order valence-electron chi connectivity index (χ0n) is 8.26. The molecule has 0 fully saturated rings. The number of hydrogen-bond donors (Lipinski definition) is 2. The number of nitrogens with zero attached hydrogens (tertiary/aromatic N) is 1. The summed E-state index contributed by atoms with van der Waals surface area (Å²) >= 11 is 0. The van der Waals surface area contributed by atoms with Crippen molar-refractivity contribution in [3.05, 3.63) is 17.3 Å². The van der Waals surface area contributed by atoms with Crippen LogP contribution in [-0.4, -0.2) is 11.3 Å². The molecule has 0 saturated carbocycles. The van der Waals surface area contributed by atoms with E-state index >= 15 is 0 Å². The van der Waals surface area contributed by atoms with E-state index in [1.165, 1.54) is 0 Å². The zero-order chi connectivity index (χ0) is 13.2. The maximum Gasteiger partial charge on any atom is 0.574 e. The fourth-order valence-electron chi connectivity index (χ4n) is 1.20. The highest BCUT2D eigenvalue weighted by Gasteiger charge is 2.35. The van der Waals surface area contributed by atoms with E-state index in [4.69, 9.17) is 11.5 Å². The lowest BCUT2D eigenvalue weighted by Gasteiger charge is -2.15. The molecule has 0 aliphatic carbocycles. The average Bonchev–Trinajstić information content (AvgIpc) is 2.17. The molecule has 0 bridgehead atoms. The first-order chi connectivity index (χ1) is 7.76. The summed E-state index contributed by atoms with van der Waals surface area (Å²) in [6.45, 7) is -0.442. The van der Waals surface area contributed by atoms with Gasteiger partial charge < -0.3 is 16.2 Å². The van der Waals surface area contributed by atoms with E-state index in [1.54, 1.807) is 0 Å². The van der Waals surface area contributed by atoms with Crippen molar-refractivity contribution < 1.29 is 26.7 Å². The Bertz CT molecular complexity index is 407. The lowest BCUT2D eigenvalue weighted by molar-refractivity contribution is -0.276. The molecular weight excluding hydrogens is 249 g/mol. The van der Waals surface area contributed by atoms with E-state index in [-0.39, 0.29) is 11.3 Å². The van der Waals surface area contributed by atoms with Crippen LogP contribution in [0.2, 0.25) is 0 Å². The normalized spacial score (nSPS) is 11.9. The van der Waals surface area contributed by atoms with Crippen LogP contribution < -0.4 is 16.2 Å². The van der Waals surface area contributed by atoms with Gasteiger partial charge in [0.05, 0.1) is 17.4 Å². The summed E-state index contributed by atoms with van der Waals surface area (Å²) in [6.07, 6.45) is -7.55. The summed E-state index contributed by atoms with van der Waals surface area (Å²) in [4.78, 5) is 3.09. The van der Waals surface area contributed by atoms with Gasteiger partial charge in [0.15, 0.2) is 0 Å². The molecule has 9 heteroatoms. The van der Waals surface area contributed by atoms with Gasteiger partial charge in [0, 0.05) is 12.1 Å². The zero-order valence-corrected chi connectivity index (χ0v) is 8.26. The number of alkyl halides is 5. The van der Waals surface area contributed by atoms with Gasteiger partial charge >= 0.3 is 6.36 Å². The SMILES string of the molecule is NCc1c(N)cnc(OC(F)(F)F)c1C(F)F. The molecule has 0 radical (unpaired) electrons. The van der Waals surface area contributed by atoms with E-state index in [1.807, 2.05) is 0 Å². The van der Waals surface area contributed by atoms with Crippen molar-refractivity contribution >= 4 is 5.69 Å². The minimum atomic E-state index is -5.11. The molecule has 4 nitrogen and oxygen atoms in total. The molecule has 0 unspecified atom stereocenters. The maximum atomic E-state index is 12.6. The fourth-order valence-corrected chi connectivity index (χ4v) is 1.20. The Morgan fingerprint density at radius 1 is 1.35 bits per heavy atom. The van der Waals surface area contributed by atoms with Crippen LogP contribution in [0.3, 0.4) is 0 Å². The molecular formula is C8H8F5N3O. The number of halogens is 5. The second-order valence-electron chi connectivity index (χ2n) is 2.96. The summed E-state index contributed by atoms with van der Waals surface area (Å²) in [5.74, 6) is -1.23. The van der Waals surface area contributed by atoms with Gasteiger partial charge in [0.1, 0.15) is 0 Å². The standard InChI is InChI=1S/C8H8F5N3O/c9-6(10)5-3(1-14)4(15)2-16-7(5)17-8(11,12)13/h2,6H,1,14-15H2. The molecule has 0 spiro atoms. The Morgan fingerprint density at radius 2 is 1.94 bits per heavy atom. The lowest BCUT2D eigenvalue weighted by Crippen LogP contribution is -2.20. The van der Waals surface area contributed by atoms with Crippen molar-refractivity contribution in [1.29, 1.82) is 0 Å². The third-order valence-electron chi connectivity index (χ3n) is 1.86. The number of nitrogens with two attached hydrogens (primary N) is 2. The average molecular weight is 257 g/mol. The van der Waals surface area contributed by atoms with E-state index in [2.05, 4.69) is 9.72 Å². The van der Waals surface area contributed by atoms with Gasteiger partial charge in [-0.3, -0.25) is 0 Å². The number of rotatable bonds is 3. The summed E-state index contributed by atoms with van der Waals surface area (Å²) < 4.78 is 64.5. The molecule has 1 heterocycles. The van der Waals surface area contributed by atoms with Crippen LogP contribution >= 0.6 is 0 Å². The van der Waals surface area contributed by atoms with Gasteiger partial charge in [-0.25, -0.2) is 13.8 Å². The van der Waals surface area contributed by atoms with E-state index in [0.29, 0.717) is 0 Å². The third kappa shape index (κ3) is 3.16. The lowest BCUT2D eigenvalue weighted by atomic mass is 10.1. The molecule has 1 aromatic rings. The highest BCUT2D eigenvalue weighted by molar-refractivity contribution is 5.53. The number of pyridine rings is 1. The quantitative estimate of drug-likeness (QED) is 0.812. The van der Waals surface area contributed by atoms with Crippen molar-refractivity contribution in [2.45, 2.75) is 19.3 Å². The van der Waals surface area contributed by atoms with Gasteiger partial charge in [-0.2, -0.15) is 0 Å². The summed E-state index contributed by atoms with van der Waals surface area (Å²) in [5.41, 5.74) is 8.87. The van der Waals surface area contributed by atoms with Crippen molar-refractivity contribution in [3.8, 4) is 5.88 Å². The van der Waals surface area contributed by atoms with Crippen LogP contribution in [0.15, 0.2) is 6.20 Å². The number of ether oxygens (including phenoxy) is 1. The monoisotopic (exact) mass is 257 g/mol. The fraction of sp³-hybridized carbons (Fsp3) is 0.375. The minimum Gasteiger partial charge on any atom is -0.397 e. The van der Waals surface area contributed by atoms with Crippen molar-refractivity contribution in [1.82, 2.24) is 4.98 Å². The molecule has 17 heavy (non-hydrogen) atoms. The highest BCUT2D eigenvalue weighted by atomic mass is 19.4.